The lowest BCUT2D eigenvalue weighted by atomic mass is 10.1. The van der Waals surface area contributed by atoms with E-state index in [0.29, 0.717) is 11.7 Å². The van der Waals surface area contributed by atoms with Gasteiger partial charge in [-0.05, 0) is 12.0 Å². The molecule has 5 nitrogen and oxygen atoms in total. The Morgan fingerprint density at radius 1 is 1.47 bits per heavy atom. The second-order valence-corrected chi connectivity index (χ2v) is 5.85. The molecular weight excluding hydrogens is 262 g/mol. The van der Waals surface area contributed by atoms with Gasteiger partial charge in [0.1, 0.15) is 5.03 Å². The van der Waals surface area contributed by atoms with Gasteiger partial charge in [0.05, 0.1) is 17.1 Å². The van der Waals surface area contributed by atoms with Crippen molar-refractivity contribution in [1.29, 1.82) is 0 Å². The van der Waals surface area contributed by atoms with Crippen LogP contribution in [0.4, 0.5) is 0 Å². The van der Waals surface area contributed by atoms with E-state index in [1.54, 1.807) is 17.6 Å². The fraction of sp³-hybridized carbons (Fsp3) is 0.462. The van der Waals surface area contributed by atoms with Crippen molar-refractivity contribution in [2.75, 3.05) is 5.75 Å². The predicted octanol–water partition coefficient (Wildman–Crippen LogP) is 2.67. The summed E-state index contributed by atoms with van der Waals surface area (Å²) in [6.45, 7) is 5.88. The minimum atomic E-state index is -0.782. The first-order valence-electron chi connectivity index (χ1n) is 6.19. The number of carbonyl (C=O) groups is 1. The molecule has 2 aromatic heterocycles. The highest BCUT2D eigenvalue weighted by Gasteiger charge is 2.14. The molecule has 102 valence electrons. The molecule has 0 saturated heterocycles. The number of aliphatic carboxylic acids is 1. The normalized spacial score (nSPS) is 13.1. The maximum absolute atomic E-state index is 10.8. The standard InChI is InChI=1S/C13H17N3O2S/c1-8(2)10-6-11-12(14-4-5-16(11)15-10)19-7-9(3)13(17)18/h4-6,8-9H,7H2,1-3H3,(H,17,18). The predicted molar refractivity (Wildman–Crippen MR) is 74.6 cm³/mol. The van der Waals surface area contributed by atoms with Crippen LogP contribution >= 0.6 is 11.8 Å². The van der Waals surface area contributed by atoms with E-state index in [4.69, 9.17) is 5.11 Å². The van der Waals surface area contributed by atoms with Gasteiger partial charge in [0.2, 0.25) is 0 Å². The summed E-state index contributed by atoms with van der Waals surface area (Å²) in [5.74, 6) is -0.310. The summed E-state index contributed by atoms with van der Waals surface area (Å²) in [5, 5.41) is 14.2. The van der Waals surface area contributed by atoms with Crippen molar-refractivity contribution in [3.8, 4) is 0 Å². The van der Waals surface area contributed by atoms with E-state index < -0.39 is 5.97 Å². The topological polar surface area (TPSA) is 67.5 Å². The Kier molecular flexibility index (Phi) is 4.09. The van der Waals surface area contributed by atoms with Crippen molar-refractivity contribution in [3.05, 3.63) is 24.2 Å². The Morgan fingerprint density at radius 2 is 2.21 bits per heavy atom. The summed E-state index contributed by atoms with van der Waals surface area (Å²) in [6.07, 6.45) is 3.50. The van der Waals surface area contributed by atoms with Crippen LogP contribution in [0, 0.1) is 5.92 Å². The zero-order chi connectivity index (χ0) is 14.0. The fourth-order valence-corrected chi connectivity index (χ4v) is 2.57. The summed E-state index contributed by atoms with van der Waals surface area (Å²) in [4.78, 5) is 15.1. The molecule has 0 fully saturated rings. The molecule has 1 unspecified atom stereocenters. The maximum Gasteiger partial charge on any atom is 0.307 e. The SMILES string of the molecule is CC(CSc1nccn2nc(C(C)C)cc12)C(=O)O. The highest BCUT2D eigenvalue weighted by molar-refractivity contribution is 7.99. The molecule has 0 aliphatic heterocycles. The van der Waals surface area contributed by atoms with Crippen LogP contribution in [0.3, 0.4) is 0 Å². The van der Waals surface area contributed by atoms with E-state index in [9.17, 15) is 4.79 Å². The first-order valence-corrected chi connectivity index (χ1v) is 7.17. The Hall–Kier alpha value is -1.56. The van der Waals surface area contributed by atoms with Gasteiger partial charge in [0.25, 0.3) is 0 Å². The molecule has 2 rings (SSSR count). The summed E-state index contributed by atoms with van der Waals surface area (Å²) in [6, 6.07) is 2.02. The van der Waals surface area contributed by atoms with Gasteiger partial charge in [0.15, 0.2) is 0 Å². The van der Waals surface area contributed by atoms with E-state index in [0.717, 1.165) is 16.2 Å². The van der Waals surface area contributed by atoms with Gasteiger partial charge in [-0.1, -0.05) is 20.8 Å². The highest BCUT2D eigenvalue weighted by Crippen LogP contribution is 2.25. The van der Waals surface area contributed by atoms with Crippen LogP contribution in [0.1, 0.15) is 32.4 Å². The molecule has 0 bridgehead atoms. The molecular formula is C13H17N3O2S. The molecule has 0 aromatic carbocycles. The van der Waals surface area contributed by atoms with E-state index in [-0.39, 0.29) is 5.92 Å². The Balaban J connectivity index is 2.25. The van der Waals surface area contributed by atoms with Crippen molar-refractivity contribution in [1.82, 2.24) is 14.6 Å². The molecule has 0 radical (unpaired) electrons. The number of carboxylic acid groups (broad SMARTS) is 1. The van der Waals surface area contributed by atoms with Crippen LogP contribution in [-0.2, 0) is 4.79 Å². The van der Waals surface area contributed by atoms with Crippen LogP contribution in [-0.4, -0.2) is 31.4 Å². The van der Waals surface area contributed by atoms with Crippen molar-refractivity contribution < 1.29 is 9.90 Å². The Labute approximate surface area is 116 Å². The zero-order valence-corrected chi connectivity index (χ0v) is 12.0. The molecule has 0 spiro atoms. The summed E-state index contributed by atoms with van der Waals surface area (Å²) in [7, 11) is 0. The van der Waals surface area contributed by atoms with Crippen LogP contribution in [0.25, 0.3) is 5.52 Å². The van der Waals surface area contributed by atoms with Gasteiger partial charge in [-0.2, -0.15) is 5.10 Å². The number of rotatable bonds is 5. The van der Waals surface area contributed by atoms with Crippen molar-refractivity contribution in [2.45, 2.75) is 31.7 Å². The highest BCUT2D eigenvalue weighted by atomic mass is 32.2. The average Bonchev–Trinajstić information content (AvgIpc) is 2.80. The lowest BCUT2D eigenvalue weighted by Crippen LogP contribution is -2.11. The van der Waals surface area contributed by atoms with Gasteiger partial charge < -0.3 is 5.11 Å². The molecule has 2 aromatic rings. The molecule has 6 heteroatoms. The number of hydrogen-bond acceptors (Lipinski definition) is 4. The van der Waals surface area contributed by atoms with Gasteiger partial charge in [-0.25, -0.2) is 9.50 Å². The third-order valence-corrected chi connectivity index (χ3v) is 4.11. The van der Waals surface area contributed by atoms with Crippen molar-refractivity contribution in [2.24, 2.45) is 5.92 Å². The molecule has 0 aliphatic carbocycles. The Bertz CT molecular complexity index is 595. The maximum atomic E-state index is 10.8. The number of hydrogen-bond donors (Lipinski definition) is 1. The van der Waals surface area contributed by atoms with Gasteiger partial charge in [0, 0.05) is 18.1 Å². The number of fused-ring (bicyclic) bond motifs is 1. The molecule has 0 saturated carbocycles. The number of aromatic nitrogens is 3. The summed E-state index contributed by atoms with van der Waals surface area (Å²) < 4.78 is 1.80. The summed E-state index contributed by atoms with van der Waals surface area (Å²) >= 11 is 1.46. The van der Waals surface area contributed by atoms with Crippen LogP contribution in [0.5, 0.6) is 0 Å². The largest absolute Gasteiger partial charge is 0.481 e. The fourth-order valence-electron chi connectivity index (χ4n) is 1.59. The number of carboxylic acids is 1. The van der Waals surface area contributed by atoms with E-state index in [2.05, 4.69) is 23.9 Å². The van der Waals surface area contributed by atoms with E-state index in [1.807, 2.05) is 12.3 Å². The van der Waals surface area contributed by atoms with Gasteiger partial charge in [-0.3, -0.25) is 4.79 Å². The molecule has 19 heavy (non-hydrogen) atoms. The summed E-state index contributed by atoms with van der Waals surface area (Å²) in [5.41, 5.74) is 1.95. The quantitative estimate of drug-likeness (QED) is 0.852. The van der Waals surface area contributed by atoms with Crippen LogP contribution < -0.4 is 0 Å². The lowest BCUT2D eigenvalue weighted by molar-refractivity contribution is -0.140. The second-order valence-electron chi connectivity index (χ2n) is 4.84. The third kappa shape index (κ3) is 3.07. The van der Waals surface area contributed by atoms with Crippen molar-refractivity contribution in [3.63, 3.8) is 0 Å². The molecule has 1 atom stereocenters. The van der Waals surface area contributed by atoms with E-state index >= 15 is 0 Å². The molecule has 2 heterocycles. The molecule has 1 N–H and O–H groups in total. The molecule has 0 aliphatic rings. The molecule has 0 amide bonds. The number of thioether (sulfide) groups is 1. The van der Waals surface area contributed by atoms with E-state index in [1.165, 1.54) is 11.8 Å². The first kappa shape index (κ1) is 13.9. The third-order valence-electron chi connectivity index (χ3n) is 2.86. The minimum absolute atomic E-state index is 0.357. The first-order chi connectivity index (χ1) is 8.99. The van der Waals surface area contributed by atoms with Crippen LogP contribution in [0.2, 0.25) is 0 Å². The zero-order valence-electron chi connectivity index (χ0n) is 11.2. The number of nitrogens with zero attached hydrogens (tertiary/aromatic N) is 3. The van der Waals surface area contributed by atoms with Crippen molar-refractivity contribution >= 4 is 23.2 Å². The lowest BCUT2D eigenvalue weighted by Gasteiger charge is -2.05. The smallest absolute Gasteiger partial charge is 0.307 e. The monoisotopic (exact) mass is 279 g/mol. The minimum Gasteiger partial charge on any atom is -0.481 e. The second kappa shape index (κ2) is 5.61. The average molecular weight is 279 g/mol. The van der Waals surface area contributed by atoms with Gasteiger partial charge in [-0.15, -0.1) is 11.8 Å². The van der Waals surface area contributed by atoms with Crippen LogP contribution in [0.15, 0.2) is 23.5 Å². The van der Waals surface area contributed by atoms with Gasteiger partial charge >= 0.3 is 5.97 Å². The Morgan fingerprint density at radius 3 is 2.84 bits per heavy atom.